The summed E-state index contributed by atoms with van der Waals surface area (Å²) in [5.74, 6) is 0.202. The molecule has 3 aromatic rings. The van der Waals surface area contributed by atoms with Gasteiger partial charge in [0.25, 0.3) is 5.91 Å². The lowest BCUT2D eigenvalue weighted by atomic mass is 10.2. The van der Waals surface area contributed by atoms with Crippen molar-refractivity contribution in [2.75, 3.05) is 5.32 Å². The number of hydrogen-bond acceptors (Lipinski definition) is 3. The zero-order valence-electron chi connectivity index (χ0n) is 10.7. The highest BCUT2D eigenvalue weighted by Crippen LogP contribution is 2.21. The van der Waals surface area contributed by atoms with Crippen molar-refractivity contribution < 1.29 is 4.79 Å². The largest absolute Gasteiger partial charge is 0.304 e. The highest BCUT2D eigenvalue weighted by molar-refractivity contribution is 9.10. The van der Waals surface area contributed by atoms with E-state index in [0.717, 1.165) is 15.4 Å². The zero-order valence-corrected chi connectivity index (χ0v) is 12.3. The molecule has 0 bridgehead atoms. The predicted octanol–water partition coefficient (Wildman–Crippen LogP) is 2.98. The summed E-state index contributed by atoms with van der Waals surface area (Å²) < 4.78 is 2.42. The summed E-state index contributed by atoms with van der Waals surface area (Å²) in [4.78, 5) is 16.5. The fourth-order valence-corrected chi connectivity index (χ4v) is 2.38. The van der Waals surface area contributed by atoms with Crippen LogP contribution in [0, 0.1) is 0 Å². The average molecular weight is 331 g/mol. The second-order valence-corrected chi connectivity index (χ2v) is 5.13. The first-order chi connectivity index (χ1) is 9.66. The smallest absolute Gasteiger partial charge is 0.277 e. The summed E-state index contributed by atoms with van der Waals surface area (Å²) in [7, 11) is 1.82. The molecule has 0 saturated heterocycles. The van der Waals surface area contributed by atoms with E-state index in [0.29, 0.717) is 11.5 Å². The molecule has 0 radical (unpaired) electrons. The third kappa shape index (κ3) is 2.18. The molecule has 1 amide bonds. The molecule has 0 fully saturated rings. The van der Waals surface area contributed by atoms with Crippen LogP contribution in [0.5, 0.6) is 0 Å². The first kappa shape index (κ1) is 12.8. The number of rotatable bonds is 2. The molecule has 2 heterocycles. The number of pyridine rings is 1. The Hall–Kier alpha value is -2.21. The van der Waals surface area contributed by atoms with E-state index in [1.54, 1.807) is 16.9 Å². The molecule has 100 valence electrons. The number of nitrogens with zero attached hydrogens (tertiary/aromatic N) is 3. The van der Waals surface area contributed by atoms with Crippen molar-refractivity contribution >= 4 is 38.6 Å². The molecule has 6 heteroatoms. The number of carbonyl (C=O) groups excluding carboxylic acids is 1. The number of carbonyl (C=O) groups is 1. The van der Waals surface area contributed by atoms with Gasteiger partial charge in [-0.3, -0.25) is 9.48 Å². The fourth-order valence-electron chi connectivity index (χ4n) is 2.03. The molecular formula is C14H11BrN4O. The van der Waals surface area contributed by atoms with E-state index in [-0.39, 0.29) is 5.91 Å². The molecule has 2 aromatic heterocycles. The van der Waals surface area contributed by atoms with E-state index in [4.69, 9.17) is 0 Å². The van der Waals surface area contributed by atoms with Crippen molar-refractivity contribution in [1.82, 2.24) is 14.8 Å². The minimum atomic E-state index is -0.277. The quantitative estimate of drug-likeness (QED) is 0.785. The minimum Gasteiger partial charge on any atom is -0.304 e. The van der Waals surface area contributed by atoms with Gasteiger partial charge in [0.1, 0.15) is 5.82 Å². The molecular weight excluding hydrogens is 320 g/mol. The number of anilines is 1. The van der Waals surface area contributed by atoms with Gasteiger partial charge in [-0.1, -0.05) is 18.2 Å². The van der Waals surface area contributed by atoms with Crippen molar-refractivity contribution in [3.63, 3.8) is 0 Å². The molecule has 3 rings (SSSR count). The summed E-state index contributed by atoms with van der Waals surface area (Å²) in [5, 5.41) is 7.86. The van der Waals surface area contributed by atoms with Gasteiger partial charge in [0.05, 0.1) is 9.99 Å². The predicted molar refractivity (Wildman–Crippen MR) is 80.6 cm³/mol. The van der Waals surface area contributed by atoms with Crippen LogP contribution >= 0.6 is 15.9 Å². The topological polar surface area (TPSA) is 59.8 Å². The molecule has 20 heavy (non-hydrogen) atoms. The van der Waals surface area contributed by atoms with Crippen molar-refractivity contribution in [1.29, 1.82) is 0 Å². The molecule has 0 unspecified atom stereocenters. The van der Waals surface area contributed by atoms with Crippen LogP contribution in [0.15, 0.2) is 47.1 Å². The summed E-state index contributed by atoms with van der Waals surface area (Å²) >= 11 is 3.35. The Morgan fingerprint density at radius 1 is 1.25 bits per heavy atom. The van der Waals surface area contributed by atoms with Gasteiger partial charge in [-0.05, 0) is 34.1 Å². The average Bonchev–Trinajstić information content (AvgIpc) is 2.79. The van der Waals surface area contributed by atoms with Gasteiger partial charge in [-0.15, -0.1) is 0 Å². The number of fused-ring (bicyclic) bond motifs is 1. The molecule has 0 aliphatic heterocycles. The van der Waals surface area contributed by atoms with Crippen LogP contribution < -0.4 is 5.32 Å². The van der Waals surface area contributed by atoms with Crippen LogP contribution in [0.2, 0.25) is 0 Å². The molecule has 1 N–H and O–H groups in total. The van der Waals surface area contributed by atoms with Gasteiger partial charge < -0.3 is 5.32 Å². The number of nitrogens with one attached hydrogen (secondary N) is 1. The van der Waals surface area contributed by atoms with E-state index in [9.17, 15) is 4.79 Å². The Morgan fingerprint density at radius 2 is 2.05 bits per heavy atom. The van der Waals surface area contributed by atoms with Crippen molar-refractivity contribution in [3.8, 4) is 0 Å². The number of benzene rings is 1. The number of aromatic nitrogens is 3. The summed E-state index contributed by atoms with van der Waals surface area (Å²) in [5.41, 5.74) is 1.30. The molecule has 0 spiro atoms. The standard InChI is InChI=1S/C14H11BrN4O/c1-19-11-7-3-2-5-9(11)12(18-19)14(20)17-13-10(15)6-4-8-16-13/h2-8H,1H3,(H,16,17,20). The Labute approximate surface area is 123 Å². The first-order valence-electron chi connectivity index (χ1n) is 6.00. The van der Waals surface area contributed by atoms with Crippen LogP contribution in [0.4, 0.5) is 5.82 Å². The second-order valence-electron chi connectivity index (χ2n) is 4.28. The maximum atomic E-state index is 12.3. The molecule has 0 atom stereocenters. The molecule has 0 aliphatic rings. The summed E-state index contributed by atoms with van der Waals surface area (Å²) in [6.07, 6.45) is 1.62. The van der Waals surface area contributed by atoms with E-state index in [1.165, 1.54) is 0 Å². The fraction of sp³-hybridized carbons (Fsp3) is 0.0714. The number of aryl methyl sites for hydroxylation is 1. The van der Waals surface area contributed by atoms with Crippen molar-refractivity contribution in [3.05, 3.63) is 52.8 Å². The van der Waals surface area contributed by atoms with E-state index in [1.807, 2.05) is 37.4 Å². The van der Waals surface area contributed by atoms with Gasteiger partial charge >= 0.3 is 0 Å². The van der Waals surface area contributed by atoms with E-state index >= 15 is 0 Å². The van der Waals surface area contributed by atoms with Crippen molar-refractivity contribution in [2.24, 2.45) is 7.05 Å². The zero-order chi connectivity index (χ0) is 14.1. The lowest BCUT2D eigenvalue weighted by Crippen LogP contribution is -2.14. The van der Waals surface area contributed by atoms with E-state index < -0.39 is 0 Å². The third-order valence-electron chi connectivity index (χ3n) is 2.96. The van der Waals surface area contributed by atoms with Crippen molar-refractivity contribution in [2.45, 2.75) is 0 Å². The Kier molecular flexibility index (Phi) is 3.23. The summed E-state index contributed by atoms with van der Waals surface area (Å²) in [6, 6.07) is 11.2. The van der Waals surface area contributed by atoms with Gasteiger partial charge in [-0.25, -0.2) is 4.98 Å². The highest BCUT2D eigenvalue weighted by atomic mass is 79.9. The third-order valence-corrected chi connectivity index (χ3v) is 3.60. The number of halogens is 1. The van der Waals surface area contributed by atoms with Crippen LogP contribution in [0.3, 0.4) is 0 Å². The SMILES string of the molecule is Cn1nc(C(=O)Nc2ncccc2Br)c2ccccc21. The molecule has 0 aliphatic carbocycles. The Bertz CT molecular complexity index is 797. The maximum Gasteiger partial charge on any atom is 0.277 e. The number of hydrogen-bond donors (Lipinski definition) is 1. The summed E-state index contributed by atoms with van der Waals surface area (Å²) in [6.45, 7) is 0. The monoisotopic (exact) mass is 330 g/mol. The molecule has 0 saturated carbocycles. The van der Waals surface area contributed by atoms with Gasteiger partial charge in [0, 0.05) is 18.6 Å². The first-order valence-corrected chi connectivity index (χ1v) is 6.80. The highest BCUT2D eigenvalue weighted by Gasteiger charge is 2.16. The minimum absolute atomic E-state index is 0.277. The van der Waals surface area contributed by atoms with Gasteiger partial charge in [-0.2, -0.15) is 5.10 Å². The second kappa shape index (κ2) is 5.05. The van der Waals surface area contributed by atoms with Crippen LogP contribution in [-0.2, 0) is 7.05 Å². The van der Waals surface area contributed by atoms with Crippen LogP contribution in [0.25, 0.3) is 10.9 Å². The van der Waals surface area contributed by atoms with Crippen LogP contribution in [-0.4, -0.2) is 20.7 Å². The van der Waals surface area contributed by atoms with Gasteiger partial charge in [0.15, 0.2) is 5.69 Å². The van der Waals surface area contributed by atoms with E-state index in [2.05, 4.69) is 31.3 Å². The Balaban J connectivity index is 2.00. The Morgan fingerprint density at radius 3 is 2.85 bits per heavy atom. The lowest BCUT2D eigenvalue weighted by molar-refractivity contribution is 0.102. The number of para-hydroxylation sites is 1. The maximum absolute atomic E-state index is 12.3. The molecule has 5 nitrogen and oxygen atoms in total. The normalized spacial score (nSPS) is 10.7. The number of amides is 1. The lowest BCUT2D eigenvalue weighted by Gasteiger charge is -2.04. The molecule has 1 aromatic carbocycles. The van der Waals surface area contributed by atoms with Crippen LogP contribution in [0.1, 0.15) is 10.5 Å². The van der Waals surface area contributed by atoms with Gasteiger partial charge in [0.2, 0.25) is 0 Å².